The molecule has 2 heterocycles. The average molecular weight is 489 g/mol. The van der Waals surface area contributed by atoms with Crippen LogP contribution >= 0.6 is 11.3 Å². The first-order chi connectivity index (χ1) is 15.4. The molecule has 0 fully saturated rings. The number of rotatable bonds is 7. The molecule has 0 unspecified atom stereocenters. The van der Waals surface area contributed by atoms with E-state index < -0.39 is 16.1 Å². The second kappa shape index (κ2) is 9.69. The van der Waals surface area contributed by atoms with E-state index in [1.54, 1.807) is 6.20 Å². The standard InChI is InChI=1S/C24H31N3O4S2/c1-16(2)13-19-14-20(21(32-19)33(29,30)26-23(28)31-6)18-9-7-17(8-10-18)15-27-12-11-25-22(27)24(3,4)5/h7-12,14,16H,13,15H2,1-6H3,(H,26,28)/p-1. The molecule has 3 aromatic rings. The molecule has 0 bridgehead atoms. The molecule has 0 saturated carbocycles. The molecule has 0 aliphatic rings. The first-order valence-electron chi connectivity index (χ1n) is 10.7. The molecule has 0 aliphatic heterocycles. The molecule has 0 atom stereocenters. The van der Waals surface area contributed by atoms with E-state index in [0.717, 1.165) is 46.7 Å². The monoisotopic (exact) mass is 488 g/mol. The molecule has 3 rings (SSSR count). The summed E-state index contributed by atoms with van der Waals surface area (Å²) >= 11 is 1.15. The number of nitrogens with zero attached hydrogens (tertiary/aromatic N) is 3. The Morgan fingerprint density at radius 2 is 1.91 bits per heavy atom. The second-order valence-corrected chi connectivity index (χ2v) is 12.3. The van der Waals surface area contributed by atoms with Crippen molar-refractivity contribution in [2.45, 2.75) is 57.2 Å². The predicted octanol–water partition coefficient (Wildman–Crippen LogP) is 4.21. The molecule has 0 radical (unpaired) electrons. The molecular weight excluding hydrogens is 458 g/mol. The van der Waals surface area contributed by atoms with Crippen LogP contribution in [0.4, 0.5) is 0 Å². The molecule has 33 heavy (non-hydrogen) atoms. The molecule has 9 heteroatoms. The van der Waals surface area contributed by atoms with Crippen LogP contribution in [-0.2, 0) is 33.1 Å². The van der Waals surface area contributed by atoms with E-state index >= 15 is 0 Å². The van der Waals surface area contributed by atoms with Crippen LogP contribution in [0.15, 0.2) is 51.3 Å². The van der Waals surface area contributed by atoms with Gasteiger partial charge in [0.1, 0.15) is 10.0 Å². The Labute approximate surface area is 199 Å². The van der Waals surface area contributed by atoms with Crippen molar-refractivity contribution in [2.75, 3.05) is 7.11 Å². The van der Waals surface area contributed by atoms with E-state index in [1.807, 2.05) is 36.5 Å². The van der Waals surface area contributed by atoms with Crippen LogP contribution in [0.25, 0.3) is 11.1 Å². The Hall–Kier alpha value is -2.65. The van der Waals surface area contributed by atoms with Crippen molar-refractivity contribution in [1.82, 2.24) is 9.55 Å². The maximum Gasteiger partial charge on any atom is 0.294 e. The van der Waals surface area contributed by atoms with Gasteiger partial charge in [0.05, 0.1) is 0 Å². The normalized spacial score (nSPS) is 13.0. The number of hydrogen-bond donors (Lipinski definition) is 0. The van der Waals surface area contributed by atoms with Gasteiger partial charge in [0.25, 0.3) is 10.0 Å². The summed E-state index contributed by atoms with van der Waals surface area (Å²) in [7, 11) is -3.08. The number of methoxy groups -OCH3 is 1. The molecule has 178 valence electrons. The molecule has 0 aliphatic carbocycles. The van der Waals surface area contributed by atoms with Crippen LogP contribution in [-0.4, -0.2) is 31.2 Å². The van der Waals surface area contributed by atoms with Crippen molar-refractivity contribution in [3.05, 3.63) is 59.0 Å². The summed E-state index contributed by atoms with van der Waals surface area (Å²) in [5, 5.41) is 11.6. The second-order valence-electron chi connectivity index (χ2n) is 9.37. The van der Waals surface area contributed by atoms with Gasteiger partial charge in [0, 0.05) is 34.8 Å². The van der Waals surface area contributed by atoms with Crippen molar-refractivity contribution in [3.63, 3.8) is 0 Å². The summed E-state index contributed by atoms with van der Waals surface area (Å²) in [5.41, 5.74) is 2.31. The highest BCUT2D eigenvalue weighted by Gasteiger charge is 2.24. The average Bonchev–Trinajstić information content (AvgIpc) is 3.35. The van der Waals surface area contributed by atoms with Gasteiger partial charge in [-0.2, -0.15) is 8.42 Å². The topological polar surface area (TPSA) is 96.6 Å². The summed E-state index contributed by atoms with van der Waals surface area (Å²) < 4.78 is 35.6. The first-order valence-corrected chi connectivity index (χ1v) is 13.0. The van der Waals surface area contributed by atoms with Crippen LogP contribution in [0.3, 0.4) is 0 Å². The quantitative estimate of drug-likeness (QED) is 0.367. The van der Waals surface area contributed by atoms with Gasteiger partial charge in [-0.3, -0.25) is 0 Å². The highest BCUT2D eigenvalue weighted by atomic mass is 32.2. The zero-order valence-corrected chi connectivity index (χ0v) is 21.5. The van der Waals surface area contributed by atoms with Crippen LogP contribution in [0.5, 0.6) is 0 Å². The fourth-order valence-electron chi connectivity index (χ4n) is 3.56. The van der Waals surface area contributed by atoms with E-state index in [1.165, 1.54) is 0 Å². The summed E-state index contributed by atoms with van der Waals surface area (Å²) in [6.45, 7) is 11.2. The third-order valence-electron chi connectivity index (χ3n) is 4.97. The van der Waals surface area contributed by atoms with Gasteiger partial charge < -0.3 is 14.4 Å². The molecule has 7 nitrogen and oxygen atoms in total. The van der Waals surface area contributed by atoms with E-state index in [0.29, 0.717) is 18.0 Å². The Morgan fingerprint density at radius 3 is 2.48 bits per heavy atom. The number of aromatic nitrogens is 2. The third-order valence-corrected chi connectivity index (χ3v) is 7.88. The number of imidazole rings is 1. The molecule has 2 aromatic heterocycles. The van der Waals surface area contributed by atoms with Gasteiger partial charge in [-0.05, 0) is 36.6 Å². The van der Waals surface area contributed by atoms with E-state index in [2.05, 4.69) is 53.3 Å². The summed E-state index contributed by atoms with van der Waals surface area (Å²) in [6.07, 6.45) is 3.37. The summed E-state index contributed by atoms with van der Waals surface area (Å²) in [5.74, 6) is 1.36. The highest BCUT2D eigenvalue weighted by Crippen LogP contribution is 2.37. The highest BCUT2D eigenvalue weighted by molar-refractivity contribution is 7.92. The number of ether oxygens (including phenoxy) is 1. The fraction of sp³-hybridized carbons (Fsp3) is 0.417. The Kier molecular flexibility index (Phi) is 7.33. The Morgan fingerprint density at radius 1 is 1.24 bits per heavy atom. The SMILES string of the molecule is CO/C([O-])=N/S(=O)(=O)c1sc(CC(C)C)cc1-c1ccc(Cn2ccnc2C(C)(C)C)cc1. The van der Waals surface area contributed by atoms with E-state index in [9.17, 15) is 13.5 Å². The van der Waals surface area contributed by atoms with Crippen LogP contribution in [0, 0.1) is 5.92 Å². The van der Waals surface area contributed by atoms with Crippen LogP contribution in [0.1, 0.15) is 50.9 Å². The van der Waals surface area contributed by atoms with Crippen molar-refractivity contribution >= 4 is 27.4 Å². The van der Waals surface area contributed by atoms with Crippen LogP contribution < -0.4 is 5.11 Å². The minimum absolute atomic E-state index is 0.0564. The van der Waals surface area contributed by atoms with E-state index in [-0.39, 0.29) is 9.62 Å². The third kappa shape index (κ3) is 6.03. The van der Waals surface area contributed by atoms with Crippen molar-refractivity contribution in [1.29, 1.82) is 0 Å². The molecular formula is C24H30N3O4S2-. The lowest BCUT2D eigenvalue weighted by Gasteiger charge is -2.20. The fourth-order valence-corrected chi connectivity index (χ4v) is 6.34. The molecule has 0 N–H and O–H groups in total. The molecule has 0 saturated heterocycles. The summed E-state index contributed by atoms with van der Waals surface area (Å²) in [6, 6.07) is 9.65. The van der Waals surface area contributed by atoms with Crippen LogP contribution in [0.2, 0.25) is 0 Å². The van der Waals surface area contributed by atoms with Gasteiger partial charge in [-0.1, -0.05) is 58.9 Å². The molecule has 0 spiro atoms. The summed E-state index contributed by atoms with van der Waals surface area (Å²) in [4.78, 5) is 5.42. The van der Waals surface area contributed by atoms with Gasteiger partial charge in [-0.15, -0.1) is 15.7 Å². The molecule has 0 amide bonds. The van der Waals surface area contributed by atoms with Crippen molar-refractivity contribution in [2.24, 2.45) is 10.3 Å². The van der Waals surface area contributed by atoms with Gasteiger partial charge in [-0.25, -0.2) is 4.98 Å². The largest absolute Gasteiger partial charge is 0.603 e. The van der Waals surface area contributed by atoms with Gasteiger partial charge in [0.15, 0.2) is 6.08 Å². The zero-order valence-electron chi connectivity index (χ0n) is 19.8. The molecule has 1 aromatic carbocycles. The van der Waals surface area contributed by atoms with E-state index in [4.69, 9.17) is 0 Å². The lowest BCUT2D eigenvalue weighted by atomic mass is 9.95. The number of sulfonamides is 1. The smallest absolute Gasteiger partial charge is 0.294 e. The number of benzene rings is 1. The number of thiophene rings is 1. The Bertz CT molecular complexity index is 1230. The zero-order chi connectivity index (χ0) is 24.4. The lowest BCUT2D eigenvalue weighted by molar-refractivity contribution is -0.246. The number of hydrogen-bond acceptors (Lipinski definition) is 6. The first kappa shape index (κ1) is 25.0. The van der Waals surface area contributed by atoms with Crippen molar-refractivity contribution in [3.8, 4) is 11.1 Å². The van der Waals surface area contributed by atoms with Gasteiger partial charge >= 0.3 is 0 Å². The minimum atomic E-state index is -4.18. The maximum absolute atomic E-state index is 12.8. The van der Waals surface area contributed by atoms with Crippen molar-refractivity contribution < 1.29 is 18.3 Å². The minimum Gasteiger partial charge on any atom is -0.603 e. The predicted molar refractivity (Wildman–Crippen MR) is 130 cm³/mol. The lowest BCUT2D eigenvalue weighted by Crippen LogP contribution is -2.21. The maximum atomic E-state index is 12.8. The Balaban J connectivity index is 1.98. The van der Waals surface area contributed by atoms with Gasteiger partial charge in [0.2, 0.25) is 0 Å².